The first-order valence-corrected chi connectivity index (χ1v) is 8.56. The third kappa shape index (κ3) is 4.18. The molecule has 6 nitrogen and oxygen atoms in total. The summed E-state index contributed by atoms with van der Waals surface area (Å²) in [5.74, 6) is -4.34. The van der Waals surface area contributed by atoms with Gasteiger partial charge in [0.15, 0.2) is 0 Å². The van der Waals surface area contributed by atoms with Crippen LogP contribution in [0.2, 0.25) is 0 Å². The lowest BCUT2D eigenvalue weighted by Gasteiger charge is -2.07. The molecule has 0 aliphatic heterocycles. The zero-order valence-electron chi connectivity index (χ0n) is 13.0. The number of benzene rings is 2. The van der Waals surface area contributed by atoms with Crippen LogP contribution in [0, 0.1) is 0 Å². The molecule has 0 aromatic heterocycles. The highest BCUT2D eigenvalue weighted by molar-refractivity contribution is 7.91. The van der Waals surface area contributed by atoms with Gasteiger partial charge in [0.25, 0.3) is 11.8 Å². The summed E-state index contributed by atoms with van der Waals surface area (Å²) in [4.78, 5) is 23.0. The number of carbonyl (C=O) groups excluding carboxylic acids is 2. The quantitative estimate of drug-likeness (QED) is 0.847. The number of carbonyl (C=O) groups is 2. The monoisotopic (exact) mass is 368 g/mol. The van der Waals surface area contributed by atoms with Crippen molar-refractivity contribution in [2.24, 2.45) is 0 Å². The van der Waals surface area contributed by atoms with Crippen LogP contribution in [-0.4, -0.2) is 33.0 Å². The zero-order valence-corrected chi connectivity index (χ0v) is 13.8. The van der Waals surface area contributed by atoms with Crippen molar-refractivity contribution in [2.75, 3.05) is 12.4 Å². The Morgan fingerprint density at radius 3 is 1.84 bits per heavy atom. The Balaban J connectivity index is 2.12. The molecule has 0 saturated heterocycles. The fraction of sp³-hybridized carbons (Fsp3) is 0.125. The molecule has 25 heavy (non-hydrogen) atoms. The van der Waals surface area contributed by atoms with Crippen LogP contribution in [-0.2, 0) is 9.84 Å². The van der Waals surface area contributed by atoms with Crippen LogP contribution in [0.4, 0.5) is 14.5 Å². The second kappa shape index (κ2) is 7.39. The van der Waals surface area contributed by atoms with Gasteiger partial charge in [-0.05, 0) is 48.5 Å². The van der Waals surface area contributed by atoms with Crippen LogP contribution >= 0.6 is 0 Å². The van der Waals surface area contributed by atoms with Crippen LogP contribution < -0.4 is 10.6 Å². The number of halogens is 2. The summed E-state index contributed by atoms with van der Waals surface area (Å²) >= 11 is 0. The van der Waals surface area contributed by atoms with Crippen LogP contribution in [0.25, 0.3) is 0 Å². The topological polar surface area (TPSA) is 92.3 Å². The molecule has 2 amide bonds. The summed E-state index contributed by atoms with van der Waals surface area (Å²) < 4.78 is 47.6. The maximum Gasteiger partial charge on any atom is 0.341 e. The molecular weight excluding hydrogens is 354 g/mol. The second-order valence-corrected chi connectivity index (χ2v) is 6.86. The highest BCUT2D eigenvalue weighted by Gasteiger charge is 2.26. The molecule has 0 bridgehead atoms. The van der Waals surface area contributed by atoms with E-state index < -0.39 is 26.4 Å². The van der Waals surface area contributed by atoms with Crippen molar-refractivity contribution in [2.45, 2.75) is 10.7 Å². The van der Waals surface area contributed by atoms with Gasteiger partial charge < -0.3 is 10.6 Å². The lowest BCUT2D eigenvalue weighted by Crippen LogP contribution is -2.18. The van der Waals surface area contributed by atoms with Gasteiger partial charge in [-0.3, -0.25) is 9.59 Å². The molecule has 0 atom stereocenters. The molecule has 0 saturated carbocycles. The predicted molar refractivity (Wildman–Crippen MR) is 87.4 cm³/mol. The molecule has 0 aliphatic rings. The Hall–Kier alpha value is -2.81. The molecule has 0 unspecified atom stereocenters. The summed E-state index contributed by atoms with van der Waals surface area (Å²) in [6.07, 6.45) is 0. The van der Waals surface area contributed by atoms with Gasteiger partial charge in [-0.15, -0.1) is 0 Å². The molecule has 2 aromatic carbocycles. The SMILES string of the molecule is CNC(=O)c1ccc(NC(=O)c2ccc(S(=O)(=O)C(F)F)cc2)cc1. The molecule has 9 heteroatoms. The Kier molecular flexibility index (Phi) is 5.48. The van der Waals surface area contributed by atoms with Gasteiger partial charge in [0, 0.05) is 23.9 Å². The maximum absolute atomic E-state index is 12.5. The van der Waals surface area contributed by atoms with Crippen molar-refractivity contribution in [3.63, 3.8) is 0 Å². The van der Waals surface area contributed by atoms with E-state index >= 15 is 0 Å². The first-order chi connectivity index (χ1) is 11.8. The molecule has 0 fully saturated rings. The van der Waals surface area contributed by atoms with E-state index in [1.165, 1.54) is 31.3 Å². The van der Waals surface area contributed by atoms with Crippen LogP contribution in [0.15, 0.2) is 53.4 Å². The minimum absolute atomic E-state index is 0.101. The molecule has 2 N–H and O–H groups in total. The average molecular weight is 368 g/mol. The third-order valence-corrected chi connectivity index (χ3v) is 4.71. The van der Waals surface area contributed by atoms with Crippen molar-refractivity contribution in [1.82, 2.24) is 5.32 Å². The summed E-state index contributed by atoms with van der Waals surface area (Å²) in [5, 5.41) is 5.02. The highest BCUT2D eigenvalue weighted by Crippen LogP contribution is 2.19. The van der Waals surface area contributed by atoms with E-state index in [-0.39, 0.29) is 11.5 Å². The normalized spacial score (nSPS) is 11.2. The van der Waals surface area contributed by atoms with Gasteiger partial charge in [0.2, 0.25) is 9.84 Å². The minimum atomic E-state index is -4.70. The van der Waals surface area contributed by atoms with Crippen LogP contribution in [0.1, 0.15) is 20.7 Å². The van der Waals surface area contributed by atoms with Crippen molar-refractivity contribution < 1.29 is 26.8 Å². The predicted octanol–water partition coefficient (Wildman–Crippen LogP) is 2.29. The molecule has 0 spiro atoms. The number of sulfone groups is 1. The molecule has 2 rings (SSSR count). The Morgan fingerprint density at radius 1 is 0.880 bits per heavy atom. The van der Waals surface area contributed by atoms with E-state index in [9.17, 15) is 26.8 Å². The largest absolute Gasteiger partial charge is 0.355 e. The lowest BCUT2D eigenvalue weighted by molar-refractivity contribution is 0.0962. The van der Waals surface area contributed by atoms with Crippen molar-refractivity contribution >= 4 is 27.3 Å². The number of hydrogen-bond acceptors (Lipinski definition) is 4. The molecule has 2 aromatic rings. The number of amides is 2. The van der Waals surface area contributed by atoms with Crippen molar-refractivity contribution in [3.05, 3.63) is 59.7 Å². The minimum Gasteiger partial charge on any atom is -0.355 e. The van der Waals surface area contributed by atoms with Crippen molar-refractivity contribution in [3.8, 4) is 0 Å². The Labute approximate surface area is 142 Å². The first-order valence-electron chi connectivity index (χ1n) is 7.01. The summed E-state index contributed by atoms with van der Waals surface area (Å²) in [6.45, 7) is 0. The fourth-order valence-corrected chi connectivity index (χ4v) is 2.67. The van der Waals surface area contributed by atoms with E-state index in [1.54, 1.807) is 0 Å². The number of hydrogen-bond donors (Lipinski definition) is 2. The van der Waals surface area contributed by atoms with Crippen LogP contribution in [0.5, 0.6) is 0 Å². The zero-order chi connectivity index (χ0) is 18.6. The van der Waals surface area contributed by atoms with Gasteiger partial charge in [-0.1, -0.05) is 0 Å². The van der Waals surface area contributed by atoms with E-state index in [4.69, 9.17) is 0 Å². The van der Waals surface area contributed by atoms with Gasteiger partial charge >= 0.3 is 5.76 Å². The molecule has 132 valence electrons. The summed E-state index contributed by atoms with van der Waals surface area (Å²) in [6, 6.07) is 10.3. The van der Waals surface area contributed by atoms with Gasteiger partial charge in [0.1, 0.15) is 0 Å². The maximum atomic E-state index is 12.5. The smallest absolute Gasteiger partial charge is 0.341 e. The summed E-state index contributed by atoms with van der Waals surface area (Å²) in [5.41, 5.74) is 0.938. The Morgan fingerprint density at radius 2 is 1.36 bits per heavy atom. The lowest BCUT2D eigenvalue weighted by atomic mass is 10.1. The number of nitrogens with one attached hydrogen (secondary N) is 2. The number of anilines is 1. The molecule has 0 radical (unpaired) electrons. The Bertz CT molecular complexity index is 879. The number of rotatable bonds is 5. The number of alkyl halides is 2. The molecule has 0 heterocycles. The van der Waals surface area contributed by atoms with E-state index in [0.29, 0.717) is 11.3 Å². The highest BCUT2D eigenvalue weighted by atomic mass is 32.2. The van der Waals surface area contributed by atoms with E-state index in [1.807, 2.05) is 0 Å². The van der Waals surface area contributed by atoms with Crippen LogP contribution in [0.3, 0.4) is 0 Å². The van der Waals surface area contributed by atoms with Crippen molar-refractivity contribution in [1.29, 1.82) is 0 Å². The third-order valence-electron chi connectivity index (χ3n) is 3.31. The van der Waals surface area contributed by atoms with Gasteiger partial charge in [-0.25, -0.2) is 8.42 Å². The first kappa shape index (κ1) is 18.5. The molecular formula is C16H14F2N2O4S. The second-order valence-electron chi connectivity index (χ2n) is 4.94. The standard InChI is InChI=1S/C16H14F2N2O4S/c1-19-14(21)10-2-6-12(7-3-10)20-15(22)11-4-8-13(9-5-11)25(23,24)16(17)18/h2-9,16H,1H3,(H,19,21)(H,20,22). The van der Waals surface area contributed by atoms with E-state index in [2.05, 4.69) is 10.6 Å². The molecule has 0 aliphatic carbocycles. The van der Waals surface area contributed by atoms with Gasteiger partial charge in [0.05, 0.1) is 4.90 Å². The average Bonchev–Trinajstić information content (AvgIpc) is 2.61. The van der Waals surface area contributed by atoms with E-state index in [0.717, 1.165) is 24.3 Å². The van der Waals surface area contributed by atoms with Gasteiger partial charge in [-0.2, -0.15) is 8.78 Å². The fourth-order valence-electron chi connectivity index (χ4n) is 1.95. The summed E-state index contributed by atoms with van der Waals surface area (Å²) in [7, 11) is -3.20.